The zero-order valence-corrected chi connectivity index (χ0v) is 18.3. The minimum absolute atomic E-state index is 0.207. The zero-order chi connectivity index (χ0) is 23.4. The summed E-state index contributed by atoms with van der Waals surface area (Å²) in [6, 6.07) is 18.6. The van der Waals surface area contributed by atoms with E-state index in [1.807, 2.05) is 31.2 Å². The third-order valence-electron chi connectivity index (χ3n) is 4.78. The van der Waals surface area contributed by atoms with Gasteiger partial charge in [-0.3, -0.25) is 4.79 Å². The summed E-state index contributed by atoms with van der Waals surface area (Å²) in [4.78, 5) is 19.4. The molecular formula is C25H18ClFN4O2. The van der Waals surface area contributed by atoms with Crippen LogP contribution in [0.3, 0.4) is 0 Å². The predicted octanol–water partition coefficient (Wildman–Crippen LogP) is 5.75. The van der Waals surface area contributed by atoms with E-state index in [4.69, 9.17) is 16.3 Å². The molecule has 6 nitrogen and oxygen atoms in total. The molecule has 0 spiro atoms. The second kappa shape index (κ2) is 9.55. The Morgan fingerprint density at radius 3 is 2.73 bits per heavy atom. The lowest BCUT2D eigenvalue weighted by Gasteiger charge is -2.09. The molecule has 1 heterocycles. The number of benzene rings is 3. The number of ether oxygens (including phenoxy) is 1. The van der Waals surface area contributed by atoms with Crippen LogP contribution < -0.4 is 10.1 Å². The average Bonchev–Trinajstić information content (AvgIpc) is 3.21. The lowest BCUT2D eigenvalue weighted by molar-refractivity contribution is -0.118. The SMILES string of the molecule is Cc1ccc(NC(=O)COc2ccc(/C=C(/C#N)c3nc4ccc(F)cc4[nH]3)cc2Cl)cc1. The number of amides is 1. The van der Waals surface area contributed by atoms with E-state index in [1.165, 1.54) is 18.2 Å². The Balaban J connectivity index is 1.45. The number of hydrogen-bond donors (Lipinski definition) is 2. The van der Waals surface area contributed by atoms with Crippen molar-refractivity contribution in [2.75, 3.05) is 11.9 Å². The quantitative estimate of drug-likeness (QED) is 0.359. The number of nitrogens with zero attached hydrogens (tertiary/aromatic N) is 2. The maximum Gasteiger partial charge on any atom is 0.262 e. The molecule has 3 aromatic carbocycles. The van der Waals surface area contributed by atoms with Crippen LogP contribution in [0.1, 0.15) is 17.0 Å². The Bertz CT molecular complexity index is 1400. The summed E-state index contributed by atoms with van der Waals surface area (Å²) in [6.07, 6.45) is 1.60. The van der Waals surface area contributed by atoms with Gasteiger partial charge < -0.3 is 15.0 Å². The Morgan fingerprint density at radius 1 is 1.21 bits per heavy atom. The largest absolute Gasteiger partial charge is 0.482 e. The molecule has 1 amide bonds. The number of allylic oxidation sites excluding steroid dienone is 1. The van der Waals surface area contributed by atoms with Crippen molar-refractivity contribution in [1.82, 2.24) is 9.97 Å². The van der Waals surface area contributed by atoms with Crippen LogP contribution in [0.4, 0.5) is 10.1 Å². The Kier molecular flexibility index (Phi) is 6.38. The third-order valence-corrected chi connectivity index (χ3v) is 5.08. The van der Waals surface area contributed by atoms with Gasteiger partial charge in [0.1, 0.15) is 23.5 Å². The summed E-state index contributed by atoms with van der Waals surface area (Å²) in [5.74, 6) is -0.0463. The molecule has 8 heteroatoms. The molecule has 0 aliphatic heterocycles. The molecule has 33 heavy (non-hydrogen) atoms. The number of halogens is 2. The van der Waals surface area contributed by atoms with E-state index >= 15 is 0 Å². The summed E-state index contributed by atoms with van der Waals surface area (Å²) < 4.78 is 18.9. The maximum absolute atomic E-state index is 13.4. The first kappa shape index (κ1) is 22.1. The third kappa shape index (κ3) is 5.37. The van der Waals surface area contributed by atoms with Crippen molar-refractivity contribution in [3.63, 3.8) is 0 Å². The minimum atomic E-state index is -0.393. The highest BCUT2D eigenvalue weighted by atomic mass is 35.5. The number of anilines is 1. The van der Waals surface area contributed by atoms with Gasteiger partial charge in [0.2, 0.25) is 0 Å². The lowest BCUT2D eigenvalue weighted by atomic mass is 10.1. The fourth-order valence-electron chi connectivity index (χ4n) is 3.13. The summed E-state index contributed by atoms with van der Waals surface area (Å²) in [5, 5.41) is 12.6. The van der Waals surface area contributed by atoms with Crippen LogP contribution in [-0.4, -0.2) is 22.5 Å². The molecular weight excluding hydrogens is 443 g/mol. The second-order valence-electron chi connectivity index (χ2n) is 7.31. The molecule has 2 N–H and O–H groups in total. The van der Waals surface area contributed by atoms with Crippen molar-refractivity contribution in [3.8, 4) is 11.8 Å². The molecule has 4 rings (SSSR count). The Labute approximate surface area is 194 Å². The Morgan fingerprint density at radius 2 is 2.00 bits per heavy atom. The molecule has 0 atom stereocenters. The smallest absolute Gasteiger partial charge is 0.262 e. The van der Waals surface area contributed by atoms with Crippen LogP contribution in [-0.2, 0) is 4.79 Å². The lowest BCUT2D eigenvalue weighted by Crippen LogP contribution is -2.20. The average molecular weight is 461 g/mol. The van der Waals surface area contributed by atoms with E-state index in [-0.39, 0.29) is 23.1 Å². The molecule has 164 valence electrons. The van der Waals surface area contributed by atoms with Crippen LogP contribution in [0.25, 0.3) is 22.7 Å². The van der Waals surface area contributed by atoms with Crippen LogP contribution in [0.5, 0.6) is 5.75 Å². The number of nitrogens with one attached hydrogen (secondary N) is 2. The van der Waals surface area contributed by atoms with Gasteiger partial charge in [0, 0.05) is 5.69 Å². The number of aryl methyl sites for hydroxylation is 1. The number of carbonyl (C=O) groups excluding carboxylic acids is 1. The monoisotopic (exact) mass is 460 g/mol. The summed E-state index contributed by atoms with van der Waals surface area (Å²) in [5.41, 5.74) is 3.72. The number of fused-ring (bicyclic) bond motifs is 1. The normalized spacial score (nSPS) is 11.3. The molecule has 0 aliphatic carbocycles. The molecule has 4 aromatic rings. The van der Waals surface area contributed by atoms with E-state index in [9.17, 15) is 14.4 Å². The van der Waals surface area contributed by atoms with E-state index in [0.717, 1.165) is 5.56 Å². The number of carbonyl (C=O) groups is 1. The van der Waals surface area contributed by atoms with E-state index < -0.39 is 5.82 Å². The van der Waals surface area contributed by atoms with Crippen LogP contribution in [0.15, 0.2) is 60.7 Å². The first-order chi connectivity index (χ1) is 15.9. The van der Waals surface area contributed by atoms with Crippen LogP contribution in [0, 0.1) is 24.1 Å². The number of H-pyrrole nitrogens is 1. The number of nitriles is 1. The molecule has 0 bridgehead atoms. The number of aromatic nitrogens is 2. The van der Waals surface area contributed by atoms with Gasteiger partial charge in [-0.15, -0.1) is 0 Å². The molecule has 0 fully saturated rings. The summed E-state index contributed by atoms with van der Waals surface area (Å²) in [7, 11) is 0. The van der Waals surface area contributed by atoms with Crippen LogP contribution in [0.2, 0.25) is 5.02 Å². The molecule has 0 radical (unpaired) electrons. The molecule has 0 saturated heterocycles. The number of rotatable bonds is 6. The topological polar surface area (TPSA) is 90.8 Å². The molecule has 0 saturated carbocycles. The standard InChI is InChI=1S/C25H18ClFN4O2/c1-15-2-6-19(7-3-15)29-24(32)14-33-23-9-4-16(11-20(23)26)10-17(13-28)25-30-21-8-5-18(27)12-22(21)31-25/h2-12H,14H2,1H3,(H,29,32)(H,30,31)/b17-10-. The Hall–Kier alpha value is -4.15. The highest BCUT2D eigenvalue weighted by Crippen LogP contribution is 2.28. The second-order valence-corrected chi connectivity index (χ2v) is 7.72. The van der Waals surface area contributed by atoms with Gasteiger partial charge in [0.15, 0.2) is 6.61 Å². The highest BCUT2D eigenvalue weighted by Gasteiger charge is 2.11. The van der Waals surface area contributed by atoms with E-state index in [2.05, 4.69) is 21.4 Å². The molecule has 1 aromatic heterocycles. The first-order valence-electron chi connectivity index (χ1n) is 9.97. The van der Waals surface area contributed by atoms with Crippen molar-refractivity contribution < 1.29 is 13.9 Å². The summed E-state index contributed by atoms with van der Waals surface area (Å²) in [6.45, 7) is 1.76. The van der Waals surface area contributed by atoms with Gasteiger partial charge >= 0.3 is 0 Å². The van der Waals surface area contributed by atoms with Gasteiger partial charge in [0.05, 0.1) is 21.6 Å². The molecule has 0 unspecified atom stereocenters. The highest BCUT2D eigenvalue weighted by molar-refractivity contribution is 6.32. The predicted molar refractivity (Wildman–Crippen MR) is 126 cm³/mol. The number of aromatic amines is 1. The van der Waals surface area contributed by atoms with E-state index in [1.54, 1.807) is 24.3 Å². The number of imidazole rings is 1. The van der Waals surface area contributed by atoms with Crippen molar-refractivity contribution in [2.45, 2.75) is 6.92 Å². The summed E-state index contributed by atoms with van der Waals surface area (Å²) >= 11 is 6.31. The van der Waals surface area contributed by atoms with Crippen molar-refractivity contribution >= 4 is 45.9 Å². The maximum atomic E-state index is 13.4. The van der Waals surface area contributed by atoms with E-state index in [0.29, 0.717) is 33.9 Å². The fraction of sp³-hybridized carbons (Fsp3) is 0.0800. The fourth-order valence-corrected chi connectivity index (χ4v) is 3.37. The minimum Gasteiger partial charge on any atom is -0.482 e. The van der Waals surface area contributed by atoms with Crippen LogP contribution >= 0.6 is 11.6 Å². The van der Waals surface area contributed by atoms with Gasteiger partial charge in [-0.2, -0.15) is 5.26 Å². The van der Waals surface area contributed by atoms with Gasteiger partial charge in [0.25, 0.3) is 5.91 Å². The van der Waals surface area contributed by atoms with Crippen molar-refractivity contribution in [3.05, 3.63) is 88.5 Å². The van der Waals surface area contributed by atoms with Crippen molar-refractivity contribution in [1.29, 1.82) is 5.26 Å². The van der Waals surface area contributed by atoms with Gasteiger partial charge in [-0.1, -0.05) is 35.4 Å². The van der Waals surface area contributed by atoms with Crippen molar-refractivity contribution in [2.24, 2.45) is 0 Å². The first-order valence-corrected chi connectivity index (χ1v) is 10.4. The van der Waals surface area contributed by atoms with Gasteiger partial charge in [-0.25, -0.2) is 9.37 Å². The number of hydrogen-bond acceptors (Lipinski definition) is 4. The zero-order valence-electron chi connectivity index (χ0n) is 17.5. The van der Waals surface area contributed by atoms with Gasteiger partial charge in [-0.05, 0) is 61.0 Å². The molecule has 0 aliphatic rings.